The van der Waals surface area contributed by atoms with Gasteiger partial charge in [0.15, 0.2) is 0 Å². The largest absolute Gasteiger partial charge is 0.481 e. The van der Waals surface area contributed by atoms with Gasteiger partial charge in [0.1, 0.15) is 0 Å². The fraction of sp³-hybridized carbons (Fsp3) is 0.714. The molecule has 4 nitrogen and oxygen atoms in total. The summed E-state index contributed by atoms with van der Waals surface area (Å²) in [6.45, 7) is 1.19. The molecule has 14 heavy (non-hydrogen) atoms. The number of aliphatic carboxylic acids is 1. The van der Waals surface area contributed by atoms with Crippen molar-refractivity contribution < 1.29 is 28.2 Å². The van der Waals surface area contributed by atoms with Gasteiger partial charge in [0.05, 0.1) is 5.92 Å². The Morgan fingerprint density at radius 3 is 2.07 bits per heavy atom. The van der Waals surface area contributed by atoms with Crippen molar-refractivity contribution in [1.82, 2.24) is 0 Å². The van der Waals surface area contributed by atoms with E-state index in [0.717, 1.165) is 0 Å². The minimum Gasteiger partial charge on any atom is -0.481 e. The van der Waals surface area contributed by atoms with E-state index in [1.165, 1.54) is 6.92 Å². The van der Waals surface area contributed by atoms with Crippen molar-refractivity contribution in [2.75, 3.05) is 0 Å². The lowest BCUT2D eigenvalue weighted by molar-refractivity contribution is -0.248. The Kier molecular flexibility index (Phi) is 3.64. The van der Waals surface area contributed by atoms with Crippen molar-refractivity contribution in [3.05, 3.63) is 0 Å². The SMILES string of the molecule is CCC(C(=O)O)C(O)(C=N)C(F)(F)F. The highest BCUT2D eigenvalue weighted by molar-refractivity contribution is 5.80. The Morgan fingerprint density at radius 1 is 1.57 bits per heavy atom. The minimum absolute atomic E-state index is 0.282. The number of carboxylic acid groups (broad SMARTS) is 1. The van der Waals surface area contributed by atoms with Crippen molar-refractivity contribution in [3.8, 4) is 0 Å². The van der Waals surface area contributed by atoms with Crippen molar-refractivity contribution in [1.29, 1.82) is 5.41 Å². The standard InChI is InChI=1S/C7H10F3NO3/c1-2-4(5(12)13)6(14,3-11)7(8,9)10/h3-4,11,14H,2H2,1H3,(H,12,13). The molecule has 0 aromatic rings. The van der Waals surface area contributed by atoms with E-state index in [9.17, 15) is 18.0 Å². The third kappa shape index (κ3) is 2.03. The van der Waals surface area contributed by atoms with E-state index in [0.29, 0.717) is 0 Å². The van der Waals surface area contributed by atoms with Gasteiger partial charge in [0.25, 0.3) is 0 Å². The zero-order valence-corrected chi connectivity index (χ0v) is 7.30. The second kappa shape index (κ2) is 3.95. The van der Waals surface area contributed by atoms with Gasteiger partial charge in [0, 0.05) is 6.21 Å². The van der Waals surface area contributed by atoms with E-state index < -0.39 is 30.1 Å². The van der Waals surface area contributed by atoms with Gasteiger partial charge in [-0.15, -0.1) is 0 Å². The Bertz CT molecular complexity index is 241. The van der Waals surface area contributed by atoms with Gasteiger partial charge >= 0.3 is 12.1 Å². The number of hydrogen-bond donors (Lipinski definition) is 3. The number of aliphatic hydroxyl groups is 1. The smallest absolute Gasteiger partial charge is 0.423 e. The molecule has 0 aromatic carbocycles. The fourth-order valence-corrected chi connectivity index (χ4v) is 1.05. The monoisotopic (exact) mass is 213 g/mol. The Balaban J connectivity index is 5.21. The summed E-state index contributed by atoms with van der Waals surface area (Å²) in [5.41, 5.74) is -3.59. The van der Waals surface area contributed by atoms with Gasteiger partial charge in [-0.25, -0.2) is 0 Å². The van der Waals surface area contributed by atoms with Crippen LogP contribution in [0.4, 0.5) is 13.2 Å². The highest BCUT2D eigenvalue weighted by Gasteiger charge is 2.59. The molecule has 0 bridgehead atoms. The molecule has 2 unspecified atom stereocenters. The quantitative estimate of drug-likeness (QED) is 0.610. The van der Waals surface area contributed by atoms with Crippen LogP contribution in [0.1, 0.15) is 13.3 Å². The molecule has 0 aromatic heterocycles. The molecule has 0 heterocycles. The summed E-state index contributed by atoms with van der Waals surface area (Å²) < 4.78 is 36.7. The van der Waals surface area contributed by atoms with Crippen LogP contribution in [0.25, 0.3) is 0 Å². The van der Waals surface area contributed by atoms with E-state index in [2.05, 4.69) is 0 Å². The normalized spacial score (nSPS) is 18.4. The Labute approximate surface area is 77.9 Å². The molecule has 0 saturated carbocycles. The molecule has 82 valence electrons. The van der Waals surface area contributed by atoms with E-state index >= 15 is 0 Å². The molecule has 0 aliphatic heterocycles. The van der Waals surface area contributed by atoms with Crippen LogP contribution in [-0.2, 0) is 4.79 Å². The van der Waals surface area contributed by atoms with Gasteiger partial charge in [-0.1, -0.05) is 6.92 Å². The molecule has 0 aliphatic carbocycles. The van der Waals surface area contributed by atoms with Gasteiger partial charge in [-0.3, -0.25) is 4.79 Å². The van der Waals surface area contributed by atoms with Crippen LogP contribution in [0, 0.1) is 11.3 Å². The van der Waals surface area contributed by atoms with E-state index in [-0.39, 0.29) is 6.21 Å². The van der Waals surface area contributed by atoms with Crippen molar-refractivity contribution in [3.63, 3.8) is 0 Å². The lowest BCUT2D eigenvalue weighted by Crippen LogP contribution is -2.55. The number of hydrogen-bond acceptors (Lipinski definition) is 3. The first kappa shape index (κ1) is 12.9. The van der Waals surface area contributed by atoms with Crippen LogP contribution in [0.2, 0.25) is 0 Å². The summed E-state index contributed by atoms with van der Waals surface area (Å²) in [7, 11) is 0. The molecule has 0 aliphatic rings. The summed E-state index contributed by atoms with van der Waals surface area (Å²) in [5, 5.41) is 24.0. The number of carbonyl (C=O) groups is 1. The van der Waals surface area contributed by atoms with Crippen molar-refractivity contribution >= 4 is 12.2 Å². The molecule has 0 fully saturated rings. The molecule has 0 rings (SSSR count). The van der Waals surface area contributed by atoms with Gasteiger partial charge < -0.3 is 15.6 Å². The highest BCUT2D eigenvalue weighted by Crippen LogP contribution is 2.36. The predicted octanol–water partition coefficient (Wildman–Crippen LogP) is 1.04. The third-order valence-corrected chi connectivity index (χ3v) is 1.91. The molecular formula is C7H10F3NO3. The van der Waals surface area contributed by atoms with E-state index in [4.69, 9.17) is 15.6 Å². The summed E-state index contributed by atoms with van der Waals surface area (Å²) in [6.07, 6.45) is -5.86. The Hall–Kier alpha value is -1.11. The molecule has 7 heteroatoms. The van der Waals surface area contributed by atoms with Crippen LogP contribution < -0.4 is 0 Å². The molecular weight excluding hydrogens is 203 g/mol. The molecule has 3 N–H and O–H groups in total. The van der Waals surface area contributed by atoms with Crippen LogP contribution >= 0.6 is 0 Å². The first-order valence-corrected chi connectivity index (χ1v) is 3.74. The lowest BCUT2D eigenvalue weighted by atomic mass is 9.85. The van der Waals surface area contributed by atoms with Gasteiger partial charge in [0.2, 0.25) is 5.60 Å². The number of alkyl halides is 3. The summed E-state index contributed by atoms with van der Waals surface area (Å²) >= 11 is 0. The zero-order chi connectivity index (χ0) is 11.6. The maximum atomic E-state index is 12.2. The van der Waals surface area contributed by atoms with Crippen LogP contribution in [0.3, 0.4) is 0 Å². The van der Waals surface area contributed by atoms with E-state index in [1.807, 2.05) is 0 Å². The molecule has 0 radical (unpaired) electrons. The molecule has 0 saturated heterocycles. The lowest BCUT2D eigenvalue weighted by Gasteiger charge is -2.30. The van der Waals surface area contributed by atoms with Crippen molar-refractivity contribution in [2.24, 2.45) is 5.92 Å². The maximum absolute atomic E-state index is 12.2. The average Bonchev–Trinajstić information content (AvgIpc) is 2.02. The molecule has 2 atom stereocenters. The van der Waals surface area contributed by atoms with E-state index in [1.54, 1.807) is 0 Å². The summed E-state index contributed by atoms with van der Waals surface area (Å²) in [5.74, 6) is -3.84. The van der Waals surface area contributed by atoms with Crippen LogP contribution in [0.15, 0.2) is 0 Å². The second-order valence-electron chi connectivity index (χ2n) is 2.77. The minimum atomic E-state index is -5.16. The van der Waals surface area contributed by atoms with Crippen LogP contribution in [0.5, 0.6) is 0 Å². The van der Waals surface area contributed by atoms with Gasteiger partial charge in [-0.2, -0.15) is 13.2 Å². The summed E-state index contributed by atoms with van der Waals surface area (Å²) in [6, 6.07) is 0. The first-order chi connectivity index (χ1) is 6.20. The topological polar surface area (TPSA) is 81.4 Å². The maximum Gasteiger partial charge on any atom is 0.423 e. The fourth-order valence-electron chi connectivity index (χ4n) is 1.05. The molecule has 0 amide bonds. The second-order valence-corrected chi connectivity index (χ2v) is 2.77. The number of carboxylic acids is 1. The highest BCUT2D eigenvalue weighted by atomic mass is 19.4. The number of nitrogens with one attached hydrogen (secondary N) is 1. The van der Waals surface area contributed by atoms with Crippen molar-refractivity contribution in [2.45, 2.75) is 25.1 Å². The average molecular weight is 213 g/mol. The Morgan fingerprint density at radius 2 is 2.00 bits per heavy atom. The van der Waals surface area contributed by atoms with Gasteiger partial charge in [-0.05, 0) is 6.42 Å². The first-order valence-electron chi connectivity index (χ1n) is 3.74. The molecule has 0 spiro atoms. The third-order valence-electron chi connectivity index (χ3n) is 1.91. The number of rotatable bonds is 4. The summed E-state index contributed by atoms with van der Waals surface area (Å²) in [4.78, 5) is 10.4. The zero-order valence-electron chi connectivity index (χ0n) is 7.30. The number of halogens is 3. The van der Waals surface area contributed by atoms with Crippen LogP contribution in [-0.4, -0.2) is 34.2 Å². The predicted molar refractivity (Wildman–Crippen MR) is 41.2 cm³/mol.